The van der Waals surface area contributed by atoms with E-state index in [2.05, 4.69) is 21.7 Å². The van der Waals surface area contributed by atoms with E-state index in [1.807, 2.05) is 30.6 Å². The van der Waals surface area contributed by atoms with E-state index in [9.17, 15) is 4.79 Å². The van der Waals surface area contributed by atoms with E-state index in [0.717, 1.165) is 43.2 Å². The summed E-state index contributed by atoms with van der Waals surface area (Å²) in [6.07, 6.45) is 4.84. The minimum atomic E-state index is -0.527. The van der Waals surface area contributed by atoms with Crippen molar-refractivity contribution >= 4 is 11.4 Å². The highest BCUT2D eigenvalue weighted by Gasteiger charge is 2.57. The number of aromatic nitrogens is 2. The molecule has 0 unspecified atom stereocenters. The maximum atomic E-state index is 12.7. The van der Waals surface area contributed by atoms with Gasteiger partial charge in [0.1, 0.15) is 17.1 Å². The third-order valence-electron chi connectivity index (χ3n) is 5.75. The zero-order valence-corrected chi connectivity index (χ0v) is 14.0. The molecule has 1 saturated carbocycles. The van der Waals surface area contributed by atoms with Crippen molar-refractivity contribution in [2.75, 3.05) is 19.7 Å². The molecule has 1 saturated heterocycles. The Bertz CT molecular complexity index is 831. The molecule has 3 aliphatic rings. The molecule has 126 valence electrons. The molecule has 1 aliphatic carbocycles. The second kappa shape index (κ2) is 4.72. The summed E-state index contributed by atoms with van der Waals surface area (Å²) in [5.74, 6) is 3.15. The number of imidazole rings is 1. The van der Waals surface area contributed by atoms with Crippen LogP contribution in [0, 0.1) is 17.8 Å². The summed E-state index contributed by atoms with van der Waals surface area (Å²) >= 11 is 0. The lowest BCUT2D eigenvalue weighted by Gasteiger charge is -2.26. The summed E-state index contributed by atoms with van der Waals surface area (Å²) in [6, 6.07) is 2.09. The Morgan fingerprint density at radius 3 is 3.00 bits per heavy atom. The summed E-state index contributed by atoms with van der Waals surface area (Å²) in [5.41, 5.74) is 1.68. The van der Waals surface area contributed by atoms with Crippen LogP contribution in [0.2, 0.25) is 0 Å². The molecule has 3 atom stereocenters. The summed E-state index contributed by atoms with van der Waals surface area (Å²) in [6.45, 7) is 6.71. The number of fused-ring (bicyclic) bond motifs is 4. The van der Waals surface area contributed by atoms with Gasteiger partial charge in [0.15, 0.2) is 0 Å². The van der Waals surface area contributed by atoms with Gasteiger partial charge in [-0.3, -0.25) is 9.20 Å². The number of nitrogens with one attached hydrogen (secondary N) is 2. The number of hydrogen-bond donors (Lipinski definition) is 2. The predicted molar refractivity (Wildman–Crippen MR) is 88.9 cm³/mol. The van der Waals surface area contributed by atoms with E-state index >= 15 is 0 Å². The molecule has 6 nitrogen and oxygen atoms in total. The highest BCUT2D eigenvalue weighted by atomic mass is 16.5. The number of carbonyl (C=O) groups is 1. The normalized spacial score (nSPS) is 27.7. The third kappa shape index (κ3) is 1.92. The average molecular weight is 326 g/mol. The van der Waals surface area contributed by atoms with Crippen molar-refractivity contribution in [3.05, 3.63) is 29.8 Å². The topological polar surface area (TPSA) is 67.7 Å². The lowest BCUT2D eigenvalue weighted by molar-refractivity contribution is -0.124. The van der Waals surface area contributed by atoms with E-state index in [0.29, 0.717) is 11.8 Å². The Kier molecular flexibility index (Phi) is 2.81. The van der Waals surface area contributed by atoms with E-state index in [1.54, 1.807) is 0 Å². The number of carbonyl (C=O) groups excluding carboxylic acids is 1. The average Bonchev–Trinajstić information content (AvgIpc) is 3.03. The maximum absolute atomic E-state index is 12.7. The number of pyridine rings is 1. The third-order valence-corrected chi connectivity index (χ3v) is 5.75. The van der Waals surface area contributed by atoms with Crippen LogP contribution in [0.4, 0.5) is 0 Å². The van der Waals surface area contributed by atoms with Crippen molar-refractivity contribution in [1.82, 2.24) is 20.0 Å². The number of rotatable bonds is 3. The molecule has 2 aromatic rings. The van der Waals surface area contributed by atoms with Crippen LogP contribution in [0.15, 0.2) is 18.5 Å². The number of amides is 1. The summed E-state index contributed by atoms with van der Waals surface area (Å²) < 4.78 is 7.80. The molecule has 2 N–H and O–H groups in total. The Morgan fingerprint density at radius 1 is 1.42 bits per heavy atom. The second-order valence-electron chi connectivity index (χ2n) is 7.73. The van der Waals surface area contributed by atoms with Crippen molar-refractivity contribution in [3.63, 3.8) is 0 Å². The molecule has 1 amide bonds. The van der Waals surface area contributed by atoms with Crippen molar-refractivity contribution in [2.45, 2.75) is 25.8 Å². The SMILES string of the molecule is CC(C)(NC(=O)[C@H]1[C@@H]2CNC[C@@H]21)c1ncc2c3c(ccn12)CCO3. The van der Waals surface area contributed by atoms with Crippen LogP contribution >= 0.6 is 0 Å². The first-order valence-corrected chi connectivity index (χ1v) is 8.71. The van der Waals surface area contributed by atoms with Gasteiger partial charge in [0.25, 0.3) is 0 Å². The first-order chi connectivity index (χ1) is 11.6. The minimum Gasteiger partial charge on any atom is -0.491 e. The van der Waals surface area contributed by atoms with Crippen LogP contribution in [0.25, 0.3) is 5.52 Å². The molecule has 2 fully saturated rings. The summed E-state index contributed by atoms with van der Waals surface area (Å²) in [7, 11) is 0. The first kappa shape index (κ1) is 14.3. The van der Waals surface area contributed by atoms with Crippen LogP contribution in [-0.2, 0) is 16.8 Å². The van der Waals surface area contributed by atoms with Crippen molar-refractivity contribution in [3.8, 4) is 5.75 Å². The molecule has 0 aromatic carbocycles. The smallest absolute Gasteiger partial charge is 0.224 e. The molecule has 0 bridgehead atoms. The molecule has 6 heteroatoms. The van der Waals surface area contributed by atoms with Gasteiger partial charge >= 0.3 is 0 Å². The fourth-order valence-corrected chi connectivity index (χ4v) is 4.43. The van der Waals surface area contributed by atoms with Gasteiger partial charge in [-0.25, -0.2) is 4.98 Å². The standard InChI is InChI=1S/C18H22N4O2/c1-18(2,21-16(23)14-11-7-19-8-12(11)14)17-20-9-13-15-10(4-6-24-15)3-5-22(13)17/h3,5,9,11-12,14,19H,4,6-8H2,1-2H3,(H,21,23)/t11-,12+,14+. The number of hydrogen-bond acceptors (Lipinski definition) is 4. The first-order valence-electron chi connectivity index (χ1n) is 8.71. The lowest BCUT2D eigenvalue weighted by atomic mass is 10.0. The van der Waals surface area contributed by atoms with Crippen molar-refractivity contribution in [2.24, 2.45) is 17.8 Å². The van der Waals surface area contributed by atoms with Crippen molar-refractivity contribution < 1.29 is 9.53 Å². The largest absolute Gasteiger partial charge is 0.491 e. The predicted octanol–water partition coefficient (Wildman–Crippen LogP) is 1.09. The second-order valence-corrected chi connectivity index (χ2v) is 7.73. The number of piperidine rings is 1. The van der Waals surface area contributed by atoms with Gasteiger partial charge < -0.3 is 15.4 Å². The minimum absolute atomic E-state index is 0.158. The van der Waals surface area contributed by atoms with Crippen LogP contribution in [-0.4, -0.2) is 35.0 Å². The van der Waals surface area contributed by atoms with Gasteiger partial charge in [0.05, 0.1) is 18.3 Å². The lowest BCUT2D eigenvalue weighted by Crippen LogP contribution is -2.44. The molecule has 0 spiro atoms. The summed E-state index contributed by atoms with van der Waals surface area (Å²) in [5, 5.41) is 6.55. The Labute approximate surface area is 140 Å². The maximum Gasteiger partial charge on any atom is 0.224 e. The van der Waals surface area contributed by atoms with E-state index in [1.165, 1.54) is 5.56 Å². The Morgan fingerprint density at radius 2 is 2.21 bits per heavy atom. The van der Waals surface area contributed by atoms with Crippen molar-refractivity contribution in [1.29, 1.82) is 0 Å². The molecule has 5 rings (SSSR count). The van der Waals surface area contributed by atoms with Gasteiger partial charge in [-0.2, -0.15) is 0 Å². The fraction of sp³-hybridized carbons (Fsp3) is 0.556. The molecule has 0 radical (unpaired) electrons. The van der Waals surface area contributed by atoms with Gasteiger partial charge in [-0.1, -0.05) is 0 Å². The van der Waals surface area contributed by atoms with Crippen LogP contribution in [0.1, 0.15) is 25.2 Å². The molecule has 24 heavy (non-hydrogen) atoms. The van der Waals surface area contributed by atoms with Crippen LogP contribution < -0.4 is 15.4 Å². The number of nitrogens with zero attached hydrogens (tertiary/aromatic N) is 2. The van der Waals surface area contributed by atoms with Gasteiger partial charge in [0, 0.05) is 24.1 Å². The fourth-order valence-electron chi connectivity index (χ4n) is 4.43. The molecule has 2 aliphatic heterocycles. The molecular formula is C18H22N4O2. The van der Waals surface area contributed by atoms with E-state index in [4.69, 9.17) is 4.74 Å². The van der Waals surface area contributed by atoms with Gasteiger partial charge in [-0.05, 0) is 44.8 Å². The molecule has 4 heterocycles. The monoisotopic (exact) mass is 326 g/mol. The zero-order chi connectivity index (χ0) is 16.5. The molecular weight excluding hydrogens is 304 g/mol. The van der Waals surface area contributed by atoms with Gasteiger partial charge in [-0.15, -0.1) is 0 Å². The highest BCUT2D eigenvalue weighted by molar-refractivity contribution is 5.83. The van der Waals surface area contributed by atoms with Crippen LogP contribution in [0.3, 0.4) is 0 Å². The highest BCUT2D eigenvalue weighted by Crippen LogP contribution is 2.49. The number of ether oxygens (including phenoxy) is 1. The van der Waals surface area contributed by atoms with Crippen LogP contribution in [0.5, 0.6) is 5.75 Å². The van der Waals surface area contributed by atoms with E-state index in [-0.39, 0.29) is 11.8 Å². The quantitative estimate of drug-likeness (QED) is 0.886. The summed E-state index contributed by atoms with van der Waals surface area (Å²) in [4.78, 5) is 17.3. The molecule has 2 aromatic heterocycles. The van der Waals surface area contributed by atoms with Gasteiger partial charge in [0.2, 0.25) is 5.91 Å². The van der Waals surface area contributed by atoms with E-state index < -0.39 is 5.54 Å². The zero-order valence-electron chi connectivity index (χ0n) is 14.0. The Hall–Kier alpha value is -2.08. The Balaban J connectivity index is 1.44.